The molecule has 1 heterocycles. The van der Waals surface area contributed by atoms with Crippen molar-refractivity contribution in [2.75, 3.05) is 6.54 Å². The van der Waals surface area contributed by atoms with Crippen molar-refractivity contribution >= 4 is 0 Å². The molecule has 0 bridgehead atoms. The third-order valence-corrected chi connectivity index (χ3v) is 2.20. The Morgan fingerprint density at radius 1 is 1.45 bits per heavy atom. The van der Waals surface area contributed by atoms with Crippen LogP contribution in [0.25, 0.3) is 0 Å². The van der Waals surface area contributed by atoms with Gasteiger partial charge in [-0.3, -0.25) is 0 Å². The lowest BCUT2D eigenvalue weighted by atomic mass is 10.1. The summed E-state index contributed by atoms with van der Waals surface area (Å²) in [7, 11) is 0. The molecular formula is C8H16NO2. The van der Waals surface area contributed by atoms with E-state index in [-0.39, 0.29) is 5.60 Å². The van der Waals surface area contributed by atoms with E-state index in [0.29, 0.717) is 6.54 Å². The first-order chi connectivity index (χ1) is 4.90. The second-order valence-corrected chi connectivity index (χ2v) is 3.93. The maximum absolute atomic E-state index is 11.3. The monoisotopic (exact) mass is 158 g/mol. The predicted molar refractivity (Wildman–Crippen MR) is 41.3 cm³/mol. The highest BCUT2D eigenvalue weighted by Gasteiger charge is 2.46. The summed E-state index contributed by atoms with van der Waals surface area (Å²) in [5.74, 6) is 0. The topological polar surface area (TPSA) is 32.4 Å². The van der Waals surface area contributed by atoms with Crippen molar-refractivity contribution in [3.63, 3.8) is 0 Å². The van der Waals surface area contributed by atoms with E-state index in [1.807, 2.05) is 27.7 Å². The van der Waals surface area contributed by atoms with Gasteiger partial charge in [-0.05, 0) is 27.2 Å². The van der Waals surface area contributed by atoms with Crippen molar-refractivity contribution < 1.29 is 9.94 Å². The third kappa shape index (κ3) is 1.55. The van der Waals surface area contributed by atoms with Crippen molar-refractivity contribution in [1.82, 2.24) is 5.06 Å². The summed E-state index contributed by atoms with van der Waals surface area (Å²) < 4.78 is 5.61. The number of ether oxygens (including phenoxy) is 1. The molecule has 3 nitrogen and oxygen atoms in total. The van der Waals surface area contributed by atoms with E-state index in [1.165, 1.54) is 0 Å². The fourth-order valence-corrected chi connectivity index (χ4v) is 1.44. The maximum atomic E-state index is 11.3. The van der Waals surface area contributed by atoms with Crippen LogP contribution in [0.15, 0.2) is 0 Å². The molecule has 65 valence electrons. The van der Waals surface area contributed by atoms with Gasteiger partial charge in [0.2, 0.25) is 0 Å². The minimum absolute atomic E-state index is 0.285. The first-order valence-electron chi connectivity index (χ1n) is 4.04. The molecule has 0 aromatic carbocycles. The normalized spacial score (nSPS) is 37.9. The van der Waals surface area contributed by atoms with E-state index in [0.717, 1.165) is 11.5 Å². The zero-order valence-electron chi connectivity index (χ0n) is 7.68. The highest BCUT2D eigenvalue weighted by molar-refractivity contribution is 4.87. The van der Waals surface area contributed by atoms with Crippen LogP contribution >= 0.6 is 0 Å². The molecule has 0 aromatic heterocycles. The lowest BCUT2D eigenvalue weighted by molar-refractivity contribution is -0.261. The standard InChI is InChI=1S/C8H16NO2/c1-5-8(4)9(10)6-7(2,3)11-8/h5-6H2,1-4H3/t8-/m0/s1. The van der Waals surface area contributed by atoms with Gasteiger partial charge < -0.3 is 4.74 Å². The fraction of sp³-hybridized carbons (Fsp3) is 1.00. The molecule has 1 saturated heterocycles. The molecular weight excluding hydrogens is 142 g/mol. The van der Waals surface area contributed by atoms with Crippen LogP contribution in [0.1, 0.15) is 34.1 Å². The van der Waals surface area contributed by atoms with Gasteiger partial charge in [0.15, 0.2) is 0 Å². The average molecular weight is 158 g/mol. The van der Waals surface area contributed by atoms with Gasteiger partial charge in [0, 0.05) is 0 Å². The van der Waals surface area contributed by atoms with Crippen molar-refractivity contribution in [1.29, 1.82) is 0 Å². The second kappa shape index (κ2) is 2.44. The molecule has 0 amide bonds. The summed E-state index contributed by atoms with van der Waals surface area (Å²) in [6.07, 6.45) is 0.736. The summed E-state index contributed by atoms with van der Waals surface area (Å²) >= 11 is 0. The average Bonchev–Trinajstić information content (AvgIpc) is 2.03. The largest absolute Gasteiger partial charge is 0.351 e. The SMILES string of the molecule is CC[C@]1(C)OC(C)(C)CN1[O]. The predicted octanol–water partition coefficient (Wildman–Crippen LogP) is 1.57. The van der Waals surface area contributed by atoms with E-state index < -0.39 is 5.72 Å². The molecule has 0 aromatic rings. The van der Waals surface area contributed by atoms with Gasteiger partial charge in [-0.2, -0.15) is 0 Å². The molecule has 1 atom stereocenters. The summed E-state index contributed by atoms with van der Waals surface area (Å²) in [6, 6.07) is 0. The van der Waals surface area contributed by atoms with Gasteiger partial charge >= 0.3 is 0 Å². The van der Waals surface area contributed by atoms with E-state index in [9.17, 15) is 5.21 Å². The highest BCUT2D eigenvalue weighted by Crippen LogP contribution is 2.34. The van der Waals surface area contributed by atoms with E-state index in [4.69, 9.17) is 4.74 Å². The highest BCUT2D eigenvalue weighted by atomic mass is 16.6. The Bertz CT molecular complexity index is 158. The summed E-state index contributed by atoms with van der Waals surface area (Å²) in [6.45, 7) is 8.16. The van der Waals surface area contributed by atoms with Crippen molar-refractivity contribution in [3.05, 3.63) is 0 Å². The van der Waals surface area contributed by atoms with Gasteiger partial charge in [0.25, 0.3) is 0 Å². The second-order valence-electron chi connectivity index (χ2n) is 3.93. The minimum Gasteiger partial charge on any atom is -0.351 e. The molecule has 1 aliphatic rings. The first kappa shape index (κ1) is 8.97. The fourth-order valence-electron chi connectivity index (χ4n) is 1.44. The maximum Gasteiger partial charge on any atom is 0.144 e. The minimum atomic E-state index is -0.594. The molecule has 1 radical (unpaired) electrons. The van der Waals surface area contributed by atoms with Crippen LogP contribution in [0.4, 0.5) is 0 Å². The molecule has 1 aliphatic heterocycles. The van der Waals surface area contributed by atoms with Gasteiger partial charge in [-0.25, -0.2) is 0 Å². The Labute approximate surface area is 67.9 Å². The molecule has 11 heavy (non-hydrogen) atoms. The van der Waals surface area contributed by atoms with E-state index >= 15 is 0 Å². The van der Waals surface area contributed by atoms with Crippen LogP contribution in [-0.2, 0) is 9.94 Å². The lowest BCUT2D eigenvalue weighted by Crippen LogP contribution is -2.38. The molecule has 0 unspecified atom stereocenters. The van der Waals surface area contributed by atoms with E-state index in [1.54, 1.807) is 0 Å². The Hall–Kier alpha value is -0.120. The van der Waals surface area contributed by atoms with Crippen LogP contribution < -0.4 is 0 Å². The van der Waals surface area contributed by atoms with Crippen molar-refractivity contribution in [3.8, 4) is 0 Å². The number of nitrogens with zero attached hydrogens (tertiary/aromatic N) is 1. The number of hydrogen-bond donors (Lipinski definition) is 0. The molecule has 1 fully saturated rings. The Kier molecular flexibility index (Phi) is 1.99. The molecule has 0 aliphatic carbocycles. The number of hydroxylamine groups is 2. The van der Waals surface area contributed by atoms with Gasteiger partial charge in [0.05, 0.1) is 12.1 Å². The van der Waals surface area contributed by atoms with E-state index in [2.05, 4.69) is 0 Å². The van der Waals surface area contributed by atoms with Crippen LogP contribution in [-0.4, -0.2) is 22.9 Å². The Balaban J connectivity index is 2.73. The Morgan fingerprint density at radius 2 is 2.00 bits per heavy atom. The van der Waals surface area contributed by atoms with Gasteiger partial charge in [0.1, 0.15) is 5.72 Å². The Morgan fingerprint density at radius 3 is 2.18 bits per heavy atom. The third-order valence-electron chi connectivity index (χ3n) is 2.20. The van der Waals surface area contributed by atoms with Crippen molar-refractivity contribution in [2.45, 2.75) is 45.4 Å². The lowest BCUT2D eigenvalue weighted by Gasteiger charge is -2.27. The van der Waals surface area contributed by atoms with Crippen LogP contribution in [0.3, 0.4) is 0 Å². The molecule has 0 N–H and O–H groups in total. The molecule has 3 heteroatoms. The number of rotatable bonds is 1. The first-order valence-corrected chi connectivity index (χ1v) is 4.04. The summed E-state index contributed by atoms with van der Waals surface area (Å²) in [5, 5.41) is 12.4. The number of hydrogen-bond acceptors (Lipinski definition) is 2. The summed E-state index contributed by atoms with van der Waals surface area (Å²) in [5.41, 5.74) is -0.879. The smallest absolute Gasteiger partial charge is 0.144 e. The zero-order chi connectivity index (χ0) is 8.70. The van der Waals surface area contributed by atoms with Crippen LogP contribution in [0, 0.1) is 0 Å². The molecule has 1 rings (SSSR count). The van der Waals surface area contributed by atoms with Gasteiger partial charge in [-0.1, -0.05) is 6.92 Å². The molecule has 0 saturated carbocycles. The zero-order valence-corrected chi connectivity index (χ0v) is 7.68. The molecule has 0 spiro atoms. The van der Waals surface area contributed by atoms with Crippen LogP contribution in [0.2, 0.25) is 0 Å². The quantitative estimate of drug-likeness (QED) is 0.580. The van der Waals surface area contributed by atoms with Crippen molar-refractivity contribution in [2.24, 2.45) is 0 Å². The van der Waals surface area contributed by atoms with Gasteiger partial charge in [-0.15, -0.1) is 10.3 Å². The van der Waals surface area contributed by atoms with Crippen LogP contribution in [0.5, 0.6) is 0 Å². The summed E-state index contributed by atoms with van der Waals surface area (Å²) in [4.78, 5) is 0.